The van der Waals surface area contributed by atoms with Gasteiger partial charge in [-0.05, 0) is 73.5 Å². The van der Waals surface area contributed by atoms with Crippen molar-refractivity contribution in [3.8, 4) is 5.75 Å². The van der Waals surface area contributed by atoms with Crippen molar-refractivity contribution in [3.63, 3.8) is 0 Å². The lowest BCUT2D eigenvalue weighted by atomic mass is 9.89. The number of fused-ring (bicyclic) bond motifs is 1. The molecule has 1 heterocycles. The SMILES string of the molecule is COc1ccc(C(=O)N2c3ccccc3C(N(C(C)=O)c3ccc(Br)cc3)CC2C)cc1. The smallest absolute Gasteiger partial charge is 0.258 e. The summed E-state index contributed by atoms with van der Waals surface area (Å²) in [4.78, 5) is 29.9. The summed E-state index contributed by atoms with van der Waals surface area (Å²) in [5.41, 5.74) is 3.23. The molecule has 0 saturated carbocycles. The summed E-state index contributed by atoms with van der Waals surface area (Å²) in [6.07, 6.45) is 0.633. The number of carbonyl (C=O) groups is 2. The maximum Gasteiger partial charge on any atom is 0.258 e. The molecule has 0 aromatic heterocycles. The number of anilines is 2. The standard InChI is InChI=1S/C26H25BrN2O3/c1-17-16-25(29(18(2)30)21-12-10-20(27)11-13-21)23-6-4-5-7-24(23)28(17)26(31)19-8-14-22(32-3)15-9-19/h4-15,17,25H,16H2,1-3H3. The third-order valence-electron chi connectivity index (χ3n) is 5.87. The Labute approximate surface area is 196 Å². The van der Waals surface area contributed by atoms with Crippen LogP contribution < -0.4 is 14.5 Å². The van der Waals surface area contributed by atoms with E-state index in [0.29, 0.717) is 17.7 Å². The van der Waals surface area contributed by atoms with Crippen molar-refractivity contribution in [2.75, 3.05) is 16.9 Å². The number of methoxy groups -OCH3 is 1. The maximum atomic E-state index is 13.5. The average molecular weight is 493 g/mol. The average Bonchev–Trinajstić information content (AvgIpc) is 2.80. The molecule has 0 radical (unpaired) electrons. The van der Waals surface area contributed by atoms with Crippen LogP contribution in [-0.4, -0.2) is 25.0 Å². The van der Waals surface area contributed by atoms with Gasteiger partial charge >= 0.3 is 0 Å². The molecular formula is C26H25BrN2O3. The van der Waals surface area contributed by atoms with Gasteiger partial charge in [0, 0.05) is 34.4 Å². The monoisotopic (exact) mass is 492 g/mol. The third kappa shape index (κ3) is 4.15. The zero-order chi connectivity index (χ0) is 22.8. The van der Waals surface area contributed by atoms with Gasteiger partial charge in [0.1, 0.15) is 5.75 Å². The highest BCUT2D eigenvalue weighted by atomic mass is 79.9. The summed E-state index contributed by atoms with van der Waals surface area (Å²) in [6.45, 7) is 3.62. The number of benzene rings is 3. The van der Waals surface area contributed by atoms with Crippen LogP contribution in [0.15, 0.2) is 77.3 Å². The van der Waals surface area contributed by atoms with E-state index in [1.165, 1.54) is 0 Å². The van der Waals surface area contributed by atoms with Gasteiger partial charge in [0.2, 0.25) is 5.91 Å². The molecule has 0 aliphatic carbocycles. The van der Waals surface area contributed by atoms with Crippen molar-refractivity contribution in [1.82, 2.24) is 0 Å². The third-order valence-corrected chi connectivity index (χ3v) is 6.40. The van der Waals surface area contributed by atoms with Crippen LogP contribution in [0, 0.1) is 0 Å². The summed E-state index contributed by atoms with van der Waals surface area (Å²) in [5.74, 6) is 0.610. The molecule has 32 heavy (non-hydrogen) atoms. The summed E-state index contributed by atoms with van der Waals surface area (Å²) in [5, 5.41) is 0. The van der Waals surface area contributed by atoms with Gasteiger partial charge in [0.25, 0.3) is 5.91 Å². The molecule has 3 aromatic carbocycles. The number of hydrogen-bond donors (Lipinski definition) is 0. The molecule has 3 aromatic rings. The molecule has 6 heteroatoms. The van der Waals surface area contributed by atoms with Crippen LogP contribution in [0.1, 0.15) is 42.2 Å². The largest absolute Gasteiger partial charge is 0.497 e. The fourth-order valence-electron chi connectivity index (χ4n) is 4.39. The molecule has 0 spiro atoms. The Morgan fingerprint density at radius 1 is 1.00 bits per heavy atom. The molecule has 2 atom stereocenters. The summed E-state index contributed by atoms with van der Waals surface area (Å²) >= 11 is 3.46. The molecular weight excluding hydrogens is 468 g/mol. The zero-order valence-corrected chi connectivity index (χ0v) is 19.9. The van der Waals surface area contributed by atoms with Gasteiger partial charge in [-0.1, -0.05) is 34.1 Å². The second-order valence-corrected chi connectivity index (χ2v) is 8.84. The molecule has 0 bridgehead atoms. The van der Waals surface area contributed by atoms with E-state index in [1.54, 1.807) is 38.3 Å². The number of para-hydroxylation sites is 1. The van der Waals surface area contributed by atoms with Gasteiger partial charge in [0.05, 0.1) is 13.2 Å². The normalized spacial score (nSPS) is 17.4. The molecule has 164 valence electrons. The van der Waals surface area contributed by atoms with E-state index in [-0.39, 0.29) is 23.9 Å². The first-order valence-corrected chi connectivity index (χ1v) is 11.3. The summed E-state index contributed by atoms with van der Waals surface area (Å²) in [6, 6.07) is 22.5. The van der Waals surface area contributed by atoms with E-state index < -0.39 is 0 Å². The second-order valence-electron chi connectivity index (χ2n) is 7.93. The highest BCUT2D eigenvalue weighted by Gasteiger charge is 2.38. The topological polar surface area (TPSA) is 49.9 Å². The first kappa shape index (κ1) is 22.1. The number of halogens is 1. The van der Waals surface area contributed by atoms with Gasteiger partial charge < -0.3 is 14.5 Å². The van der Waals surface area contributed by atoms with Gasteiger partial charge in [-0.25, -0.2) is 0 Å². The van der Waals surface area contributed by atoms with Crippen molar-refractivity contribution >= 4 is 39.1 Å². The maximum absolute atomic E-state index is 13.5. The molecule has 0 saturated heterocycles. The van der Waals surface area contributed by atoms with Crippen molar-refractivity contribution in [1.29, 1.82) is 0 Å². The molecule has 0 N–H and O–H groups in total. The number of nitrogens with zero attached hydrogens (tertiary/aromatic N) is 2. The number of carbonyl (C=O) groups excluding carboxylic acids is 2. The Morgan fingerprint density at radius 2 is 1.66 bits per heavy atom. The van der Waals surface area contributed by atoms with Crippen molar-refractivity contribution in [3.05, 3.63) is 88.4 Å². The van der Waals surface area contributed by atoms with E-state index in [2.05, 4.69) is 15.9 Å². The molecule has 1 aliphatic heterocycles. The minimum absolute atomic E-state index is 0.0331. The summed E-state index contributed by atoms with van der Waals surface area (Å²) in [7, 11) is 1.60. The summed E-state index contributed by atoms with van der Waals surface area (Å²) < 4.78 is 6.18. The Balaban J connectivity index is 1.75. The first-order chi connectivity index (χ1) is 15.4. The molecule has 0 fully saturated rings. The minimum atomic E-state index is -0.167. The number of rotatable bonds is 4. The first-order valence-electron chi connectivity index (χ1n) is 10.5. The van der Waals surface area contributed by atoms with E-state index >= 15 is 0 Å². The van der Waals surface area contributed by atoms with Crippen LogP contribution in [0.2, 0.25) is 0 Å². The van der Waals surface area contributed by atoms with Crippen LogP contribution in [0.4, 0.5) is 11.4 Å². The van der Waals surface area contributed by atoms with E-state index in [9.17, 15) is 9.59 Å². The second kappa shape index (κ2) is 9.17. The predicted octanol–water partition coefficient (Wildman–Crippen LogP) is 5.99. The van der Waals surface area contributed by atoms with Crippen molar-refractivity contribution in [2.24, 2.45) is 0 Å². The highest BCUT2D eigenvalue weighted by molar-refractivity contribution is 9.10. The lowest BCUT2D eigenvalue weighted by Gasteiger charge is -2.43. The number of amides is 2. The lowest BCUT2D eigenvalue weighted by molar-refractivity contribution is -0.117. The Bertz CT molecular complexity index is 1130. The van der Waals surface area contributed by atoms with Crippen molar-refractivity contribution in [2.45, 2.75) is 32.4 Å². The van der Waals surface area contributed by atoms with E-state index in [4.69, 9.17) is 4.74 Å². The fraction of sp³-hybridized carbons (Fsp3) is 0.231. The molecule has 4 rings (SSSR count). The Hall–Kier alpha value is -3.12. The number of ether oxygens (including phenoxy) is 1. The Morgan fingerprint density at radius 3 is 2.28 bits per heavy atom. The Kier molecular flexibility index (Phi) is 6.33. The molecule has 1 aliphatic rings. The van der Waals surface area contributed by atoms with E-state index in [1.807, 2.05) is 65.3 Å². The van der Waals surface area contributed by atoms with Crippen molar-refractivity contribution < 1.29 is 14.3 Å². The zero-order valence-electron chi connectivity index (χ0n) is 18.3. The predicted molar refractivity (Wildman–Crippen MR) is 130 cm³/mol. The van der Waals surface area contributed by atoms with Crippen LogP contribution in [0.3, 0.4) is 0 Å². The van der Waals surface area contributed by atoms with Crippen LogP contribution >= 0.6 is 15.9 Å². The van der Waals surface area contributed by atoms with Crippen LogP contribution in [-0.2, 0) is 4.79 Å². The quantitative estimate of drug-likeness (QED) is 0.449. The van der Waals surface area contributed by atoms with Gasteiger partial charge in [0.15, 0.2) is 0 Å². The highest BCUT2D eigenvalue weighted by Crippen LogP contribution is 2.42. The van der Waals surface area contributed by atoms with Crippen LogP contribution in [0.25, 0.3) is 0 Å². The minimum Gasteiger partial charge on any atom is -0.497 e. The van der Waals surface area contributed by atoms with Gasteiger partial charge in [-0.2, -0.15) is 0 Å². The van der Waals surface area contributed by atoms with Gasteiger partial charge in [-0.3, -0.25) is 9.59 Å². The van der Waals surface area contributed by atoms with Crippen LogP contribution in [0.5, 0.6) is 5.75 Å². The molecule has 2 amide bonds. The lowest BCUT2D eigenvalue weighted by Crippen LogP contribution is -2.47. The fourth-order valence-corrected chi connectivity index (χ4v) is 4.66. The number of hydrogen-bond acceptors (Lipinski definition) is 3. The van der Waals surface area contributed by atoms with E-state index in [0.717, 1.165) is 21.4 Å². The molecule has 2 unspecified atom stereocenters. The molecule has 5 nitrogen and oxygen atoms in total. The van der Waals surface area contributed by atoms with Gasteiger partial charge in [-0.15, -0.1) is 0 Å².